The van der Waals surface area contributed by atoms with E-state index in [1.165, 1.54) is 19.3 Å². The molecule has 0 spiro atoms. The molecule has 0 amide bonds. The van der Waals surface area contributed by atoms with Gasteiger partial charge in [0.25, 0.3) is 0 Å². The molecule has 0 atom stereocenters. The van der Waals surface area contributed by atoms with Crippen molar-refractivity contribution in [1.29, 1.82) is 0 Å². The summed E-state index contributed by atoms with van der Waals surface area (Å²) in [5.41, 5.74) is 0. The van der Waals surface area contributed by atoms with Gasteiger partial charge in [-0.1, -0.05) is 6.92 Å². The third kappa shape index (κ3) is 1.48. The maximum absolute atomic E-state index is 5.18. The fraction of sp³-hybridized carbons (Fsp3) is 0.857. The Bertz CT molecular complexity index is 55.4. The van der Waals surface area contributed by atoms with E-state index < -0.39 is 0 Å². The average Bonchev–Trinajstić information content (AvgIpc) is 1.90. The molecule has 1 radical (unpaired) electrons. The van der Waals surface area contributed by atoms with Crippen LogP contribution in [0.3, 0.4) is 0 Å². The summed E-state index contributed by atoms with van der Waals surface area (Å²) < 4.78 is 5.18. The predicted molar refractivity (Wildman–Crippen MR) is 33.6 cm³/mol. The Labute approximate surface area is 51.0 Å². The van der Waals surface area contributed by atoms with Gasteiger partial charge in [0, 0.05) is 13.2 Å². The molecule has 1 rings (SSSR count). The quantitative estimate of drug-likeness (QED) is 0.503. The molecule has 0 aromatic heterocycles. The van der Waals surface area contributed by atoms with E-state index >= 15 is 0 Å². The Kier molecular flexibility index (Phi) is 2.34. The van der Waals surface area contributed by atoms with Gasteiger partial charge in [-0.3, -0.25) is 0 Å². The molecule has 0 bridgehead atoms. The van der Waals surface area contributed by atoms with Crippen LogP contribution in [-0.4, -0.2) is 13.2 Å². The van der Waals surface area contributed by atoms with Gasteiger partial charge in [-0.05, 0) is 25.2 Å². The molecular weight excluding hydrogens is 100 g/mol. The lowest BCUT2D eigenvalue weighted by Crippen LogP contribution is -2.12. The van der Waals surface area contributed by atoms with E-state index in [1.54, 1.807) is 5.92 Å². The van der Waals surface area contributed by atoms with Crippen LogP contribution >= 0.6 is 0 Å². The van der Waals surface area contributed by atoms with Crippen molar-refractivity contribution in [3.05, 3.63) is 5.92 Å². The van der Waals surface area contributed by atoms with Crippen molar-refractivity contribution in [2.45, 2.75) is 26.2 Å². The minimum Gasteiger partial charge on any atom is -0.381 e. The SMILES string of the molecule is CC[C]1CCOCC1. The molecule has 0 N–H and O–H groups in total. The number of ether oxygens (including phenoxy) is 1. The number of rotatable bonds is 1. The second-order valence-electron chi connectivity index (χ2n) is 2.22. The van der Waals surface area contributed by atoms with Crippen molar-refractivity contribution in [3.8, 4) is 0 Å². The Morgan fingerprint density at radius 1 is 1.38 bits per heavy atom. The summed E-state index contributed by atoms with van der Waals surface area (Å²) in [6.45, 7) is 4.15. The molecule has 1 heteroatoms. The lowest BCUT2D eigenvalue weighted by atomic mass is 9.98. The third-order valence-corrected chi connectivity index (χ3v) is 1.70. The van der Waals surface area contributed by atoms with Crippen molar-refractivity contribution >= 4 is 0 Å². The standard InChI is InChI=1S/C7H13O/c1-2-7-3-5-8-6-4-7/h2-6H2,1H3. The normalized spacial score (nSPS) is 23.6. The van der Waals surface area contributed by atoms with Crippen LogP contribution in [-0.2, 0) is 4.74 Å². The zero-order valence-corrected chi connectivity index (χ0v) is 5.44. The van der Waals surface area contributed by atoms with Gasteiger partial charge in [-0.15, -0.1) is 0 Å². The Morgan fingerprint density at radius 2 is 2.00 bits per heavy atom. The van der Waals surface area contributed by atoms with E-state index in [0.29, 0.717) is 0 Å². The van der Waals surface area contributed by atoms with Gasteiger partial charge in [-0.2, -0.15) is 0 Å². The molecule has 0 unspecified atom stereocenters. The van der Waals surface area contributed by atoms with Gasteiger partial charge < -0.3 is 4.74 Å². The number of hydrogen-bond donors (Lipinski definition) is 0. The topological polar surface area (TPSA) is 9.23 Å². The highest BCUT2D eigenvalue weighted by Gasteiger charge is 2.10. The number of hydrogen-bond acceptors (Lipinski definition) is 1. The Morgan fingerprint density at radius 3 is 2.38 bits per heavy atom. The fourth-order valence-electron chi connectivity index (χ4n) is 1.01. The van der Waals surface area contributed by atoms with Gasteiger partial charge in [0.05, 0.1) is 0 Å². The van der Waals surface area contributed by atoms with Crippen LogP contribution in [0.4, 0.5) is 0 Å². The zero-order chi connectivity index (χ0) is 5.82. The summed E-state index contributed by atoms with van der Waals surface area (Å²) in [6.07, 6.45) is 3.66. The van der Waals surface area contributed by atoms with Crippen molar-refractivity contribution < 1.29 is 4.74 Å². The van der Waals surface area contributed by atoms with Crippen LogP contribution in [0.15, 0.2) is 0 Å². The maximum atomic E-state index is 5.18. The highest BCUT2D eigenvalue weighted by Crippen LogP contribution is 2.19. The van der Waals surface area contributed by atoms with Crippen molar-refractivity contribution in [2.75, 3.05) is 13.2 Å². The lowest BCUT2D eigenvalue weighted by Gasteiger charge is -2.19. The van der Waals surface area contributed by atoms with E-state index in [9.17, 15) is 0 Å². The molecule has 1 fully saturated rings. The Balaban J connectivity index is 2.13. The van der Waals surface area contributed by atoms with Gasteiger partial charge in [0.15, 0.2) is 0 Å². The van der Waals surface area contributed by atoms with Crippen LogP contribution in [0.2, 0.25) is 0 Å². The molecule has 1 aliphatic heterocycles. The maximum Gasteiger partial charge on any atom is 0.0471 e. The van der Waals surface area contributed by atoms with Crippen molar-refractivity contribution in [2.24, 2.45) is 0 Å². The van der Waals surface area contributed by atoms with Crippen molar-refractivity contribution in [3.63, 3.8) is 0 Å². The minimum atomic E-state index is 0.961. The predicted octanol–water partition coefficient (Wildman–Crippen LogP) is 1.78. The summed E-state index contributed by atoms with van der Waals surface area (Å²) in [5.74, 6) is 1.68. The first-order valence-corrected chi connectivity index (χ1v) is 3.35. The van der Waals surface area contributed by atoms with E-state index in [0.717, 1.165) is 13.2 Å². The van der Waals surface area contributed by atoms with E-state index in [-0.39, 0.29) is 0 Å². The molecular formula is C7H13O. The van der Waals surface area contributed by atoms with E-state index in [1.807, 2.05) is 0 Å². The second-order valence-corrected chi connectivity index (χ2v) is 2.22. The van der Waals surface area contributed by atoms with E-state index in [4.69, 9.17) is 4.74 Å². The fourth-order valence-corrected chi connectivity index (χ4v) is 1.01. The van der Waals surface area contributed by atoms with Crippen LogP contribution in [0.5, 0.6) is 0 Å². The first-order valence-electron chi connectivity index (χ1n) is 3.35. The average molecular weight is 113 g/mol. The summed E-state index contributed by atoms with van der Waals surface area (Å²) in [7, 11) is 0. The molecule has 0 aliphatic carbocycles. The van der Waals surface area contributed by atoms with Crippen LogP contribution in [0.1, 0.15) is 26.2 Å². The highest BCUT2D eigenvalue weighted by molar-refractivity contribution is 4.89. The first kappa shape index (κ1) is 6.09. The van der Waals surface area contributed by atoms with Gasteiger partial charge in [0.1, 0.15) is 0 Å². The Hall–Kier alpha value is -0.0400. The second kappa shape index (κ2) is 3.08. The molecule has 8 heavy (non-hydrogen) atoms. The van der Waals surface area contributed by atoms with Crippen LogP contribution in [0.25, 0.3) is 0 Å². The largest absolute Gasteiger partial charge is 0.381 e. The molecule has 0 aromatic rings. The summed E-state index contributed by atoms with van der Waals surface area (Å²) in [4.78, 5) is 0. The molecule has 1 saturated heterocycles. The summed E-state index contributed by atoms with van der Waals surface area (Å²) in [6, 6.07) is 0. The van der Waals surface area contributed by atoms with Crippen LogP contribution in [0, 0.1) is 5.92 Å². The monoisotopic (exact) mass is 113 g/mol. The molecule has 1 heterocycles. The molecule has 47 valence electrons. The van der Waals surface area contributed by atoms with Gasteiger partial charge in [0.2, 0.25) is 0 Å². The zero-order valence-electron chi connectivity index (χ0n) is 5.44. The highest BCUT2D eigenvalue weighted by atomic mass is 16.5. The first-order chi connectivity index (χ1) is 3.93. The smallest absolute Gasteiger partial charge is 0.0471 e. The summed E-state index contributed by atoms with van der Waals surface area (Å²) in [5, 5.41) is 0. The minimum absolute atomic E-state index is 0.961. The third-order valence-electron chi connectivity index (χ3n) is 1.70. The summed E-state index contributed by atoms with van der Waals surface area (Å²) >= 11 is 0. The van der Waals surface area contributed by atoms with Gasteiger partial charge >= 0.3 is 0 Å². The lowest BCUT2D eigenvalue weighted by molar-refractivity contribution is 0.105. The molecule has 1 aliphatic rings. The van der Waals surface area contributed by atoms with Crippen molar-refractivity contribution in [1.82, 2.24) is 0 Å². The molecule has 0 aromatic carbocycles. The molecule has 0 saturated carbocycles. The van der Waals surface area contributed by atoms with E-state index in [2.05, 4.69) is 6.92 Å². The molecule has 1 nitrogen and oxygen atoms in total. The van der Waals surface area contributed by atoms with Gasteiger partial charge in [-0.25, -0.2) is 0 Å². The van der Waals surface area contributed by atoms with Crippen LogP contribution < -0.4 is 0 Å².